The van der Waals surface area contributed by atoms with E-state index < -0.39 is 16.8 Å². The van der Waals surface area contributed by atoms with Crippen molar-refractivity contribution in [2.24, 2.45) is 0 Å². The number of hydrogen-bond acceptors (Lipinski definition) is 4. The Bertz CT molecular complexity index is 645. The molecule has 1 atom stereocenters. The SMILES string of the molecule is Nc1cccc(C(O)c2ccccc2C[SH](=O)=O)c1. The van der Waals surface area contributed by atoms with Gasteiger partial charge in [0.05, 0.1) is 5.75 Å². The molecule has 2 aromatic rings. The zero-order chi connectivity index (χ0) is 13.8. The number of anilines is 1. The van der Waals surface area contributed by atoms with Crippen molar-refractivity contribution in [3.63, 3.8) is 0 Å². The van der Waals surface area contributed by atoms with E-state index in [0.717, 1.165) is 0 Å². The van der Waals surface area contributed by atoms with Gasteiger partial charge in [-0.25, -0.2) is 8.42 Å². The number of nitrogen functional groups attached to an aromatic ring is 1. The van der Waals surface area contributed by atoms with Gasteiger partial charge in [0, 0.05) is 5.69 Å². The molecule has 0 aliphatic heterocycles. The number of aliphatic hydroxyl groups is 1. The van der Waals surface area contributed by atoms with Crippen LogP contribution in [0.15, 0.2) is 48.5 Å². The summed E-state index contributed by atoms with van der Waals surface area (Å²) in [6, 6.07) is 13.9. The van der Waals surface area contributed by atoms with Crippen molar-refractivity contribution in [3.05, 3.63) is 65.2 Å². The standard InChI is InChI=1S/C14H15NO3S/c15-12-6-3-5-10(8-12)14(16)13-7-2-1-4-11(13)9-19(17)18/h1-8,14,16,19H,9,15H2. The molecule has 0 aliphatic rings. The smallest absolute Gasteiger partial charge is 0.144 e. The Balaban J connectivity index is 2.41. The molecule has 5 heteroatoms. The monoisotopic (exact) mass is 277 g/mol. The highest BCUT2D eigenvalue weighted by Gasteiger charge is 2.14. The van der Waals surface area contributed by atoms with Crippen LogP contribution in [0.3, 0.4) is 0 Å². The molecule has 3 N–H and O–H groups in total. The van der Waals surface area contributed by atoms with Crippen LogP contribution >= 0.6 is 0 Å². The molecule has 0 spiro atoms. The van der Waals surface area contributed by atoms with Crippen molar-refractivity contribution in [2.45, 2.75) is 11.9 Å². The van der Waals surface area contributed by atoms with E-state index in [-0.39, 0.29) is 5.75 Å². The van der Waals surface area contributed by atoms with Crippen LogP contribution in [-0.2, 0) is 16.5 Å². The first kappa shape index (κ1) is 13.6. The fraction of sp³-hybridized carbons (Fsp3) is 0.143. The van der Waals surface area contributed by atoms with E-state index >= 15 is 0 Å². The number of thiol groups is 1. The molecule has 0 amide bonds. The Morgan fingerprint density at radius 3 is 2.53 bits per heavy atom. The van der Waals surface area contributed by atoms with Gasteiger partial charge in [-0.1, -0.05) is 36.4 Å². The van der Waals surface area contributed by atoms with Crippen molar-refractivity contribution in [1.29, 1.82) is 0 Å². The van der Waals surface area contributed by atoms with Crippen molar-refractivity contribution in [2.75, 3.05) is 5.73 Å². The molecular formula is C14H15NO3S. The summed E-state index contributed by atoms with van der Waals surface area (Å²) in [4.78, 5) is 0. The van der Waals surface area contributed by atoms with Crippen molar-refractivity contribution in [1.82, 2.24) is 0 Å². The lowest BCUT2D eigenvalue weighted by Crippen LogP contribution is -2.05. The summed E-state index contributed by atoms with van der Waals surface area (Å²) in [5.41, 5.74) is 8.09. The van der Waals surface area contributed by atoms with Crippen LogP contribution in [0.5, 0.6) is 0 Å². The predicted molar refractivity (Wildman–Crippen MR) is 75.4 cm³/mol. The fourth-order valence-electron chi connectivity index (χ4n) is 1.99. The molecule has 2 aromatic carbocycles. The molecule has 4 nitrogen and oxygen atoms in total. The van der Waals surface area contributed by atoms with Gasteiger partial charge in [-0.3, -0.25) is 0 Å². The van der Waals surface area contributed by atoms with Crippen LogP contribution in [0.25, 0.3) is 0 Å². The lowest BCUT2D eigenvalue weighted by atomic mass is 9.97. The van der Waals surface area contributed by atoms with E-state index in [4.69, 9.17) is 5.73 Å². The molecule has 0 radical (unpaired) electrons. The van der Waals surface area contributed by atoms with Crippen LogP contribution in [0.1, 0.15) is 22.8 Å². The van der Waals surface area contributed by atoms with E-state index in [1.54, 1.807) is 48.5 Å². The number of benzene rings is 2. The van der Waals surface area contributed by atoms with E-state index in [0.29, 0.717) is 22.4 Å². The number of aliphatic hydroxyl groups excluding tert-OH is 1. The molecule has 100 valence electrons. The lowest BCUT2D eigenvalue weighted by molar-refractivity contribution is 0.219. The first-order chi connectivity index (χ1) is 9.08. The fourth-order valence-corrected chi connectivity index (χ4v) is 2.56. The van der Waals surface area contributed by atoms with Crippen LogP contribution in [-0.4, -0.2) is 13.5 Å². The van der Waals surface area contributed by atoms with E-state index in [9.17, 15) is 13.5 Å². The summed E-state index contributed by atoms with van der Waals surface area (Å²) in [6.07, 6.45) is -0.880. The molecule has 19 heavy (non-hydrogen) atoms. The van der Waals surface area contributed by atoms with Crippen LogP contribution in [0, 0.1) is 0 Å². The molecule has 0 saturated heterocycles. The Morgan fingerprint density at radius 1 is 1.11 bits per heavy atom. The minimum absolute atomic E-state index is 0.0785. The van der Waals surface area contributed by atoms with Gasteiger partial charge >= 0.3 is 0 Å². The second kappa shape index (κ2) is 5.86. The third kappa shape index (κ3) is 3.33. The summed E-state index contributed by atoms with van der Waals surface area (Å²) in [5.74, 6) is -0.0785. The summed E-state index contributed by atoms with van der Waals surface area (Å²) in [7, 11) is -2.53. The third-order valence-electron chi connectivity index (χ3n) is 2.88. The first-order valence-electron chi connectivity index (χ1n) is 5.81. The van der Waals surface area contributed by atoms with Crippen molar-refractivity contribution < 1.29 is 13.5 Å². The topological polar surface area (TPSA) is 80.4 Å². The second-order valence-corrected chi connectivity index (χ2v) is 5.24. The van der Waals surface area contributed by atoms with Gasteiger partial charge in [0.1, 0.15) is 16.8 Å². The van der Waals surface area contributed by atoms with E-state index in [2.05, 4.69) is 0 Å². The summed E-state index contributed by atoms with van der Waals surface area (Å²) in [5, 5.41) is 10.4. The second-order valence-electron chi connectivity index (χ2n) is 4.26. The number of rotatable bonds is 4. The quantitative estimate of drug-likeness (QED) is 0.584. The predicted octanol–water partition coefficient (Wildman–Crippen LogP) is 1.46. The zero-order valence-electron chi connectivity index (χ0n) is 10.2. The Labute approximate surface area is 113 Å². The molecule has 0 fully saturated rings. The minimum atomic E-state index is -2.53. The molecule has 0 aliphatic carbocycles. The first-order valence-corrected chi connectivity index (χ1v) is 7.17. The van der Waals surface area contributed by atoms with Crippen LogP contribution in [0.2, 0.25) is 0 Å². The molecule has 1 unspecified atom stereocenters. The maximum absolute atomic E-state index is 10.9. The highest BCUT2D eigenvalue weighted by Crippen LogP contribution is 2.26. The summed E-state index contributed by atoms with van der Waals surface area (Å²) < 4.78 is 21.7. The molecular weight excluding hydrogens is 262 g/mol. The number of hydrogen-bond donors (Lipinski definition) is 3. The van der Waals surface area contributed by atoms with Gasteiger partial charge in [-0.2, -0.15) is 0 Å². The molecule has 0 heterocycles. The number of nitrogens with two attached hydrogens (primary N) is 1. The molecule has 0 aromatic heterocycles. The van der Waals surface area contributed by atoms with Gasteiger partial charge in [0.15, 0.2) is 0 Å². The van der Waals surface area contributed by atoms with Gasteiger partial charge in [-0.05, 0) is 28.8 Å². The van der Waals surface area contributed by atoms with Gasteiger partial charge < -0.3 is 10.8 Å². The molecule has 2 rings (SSSR count). The highest BCUT2D eigenvalue weighted by atomic mass is 32.2. The Kier molecular flexibility index (Phi) is 4.19. The summed E-state index contributed by atoms with van der Waals surface area (Å²) >= 11 is 0. The van der Waals surface area contributed by atoms with Gasteiger partial charge in [0.25, 0.3) is 0 Å². The molecule has 0 bridgehead atoms. The van der Waals surface area contributed by atoms with E-state index in [1.165, 1.54) is 0 Å². The zero-order valence-corrected chi connectivity index (χ0v) is 11.1. The third-order valence-corrected chi connectivity index (χ3v) is 3.47. The lowest BCUT2D eigenvalue weighted by Gasteiger charge is -2.15. The molecule has 0 saturated carbocycles. The minimum Gasteiger partial charge on any atom is -0.399 e. The van der Waals surface area contributed by atoms with Crippen molar-refractivity contribution >= 4 is 16.4 Å². The summed E-state index contributed by atoms with van der Waals surface area (Å²) in [6.45, 7) is 0. The Hall–Kier alpha value is -1.85. The maximum atomic E-state index is 10.9. The average molecular weight is 277 g/mol. The van der Waals surface area contributed by atoms with Crippen LogP contribution < -0.4 is 5.73 Å². The van der Waals surface area contributed by atoms with E-state index in [1.807, 2.05) is 0 Å². The highest BCUT2D eigenvalue weighted by molar-refractivity contribution is 7.71. The van der Waals surface area contributed by atoms with Gasteiger partial charge in [-0.15, -0.1) is 0 Å². The van der Waals surface area contributed by atoms with Gasteiger partial charge in [0.2, 0.25) is 0 Å². The average Bonchev–Trinajstić information content (AvgIpc) is 2.38. The normalized spacial score (nSPS) is 12.5. The van der Waals surface area contributed by atoms with Crippen molar-refractivity contribution in [3.8, 4) is 0 Å². The van der Waals surface area contributed by atoms with Crippen LogP contribution in [0.4, 0.5) is 5.69 Å². The maximum Gasteiger partial charge on any atom is 0.144 e. The Morgan fingerprint density at radius 2 is 1.84 bits per heavy atom. The largest absolute Gasteiger partial charge is 0.399 e.